The minimum absolute atomic E-state index is 0.00110. The Hall–Kier alpha value is -4.03. The van der Waals surface area contributed by atoms with E-state index in [-0.39, 0.29) is 29.0 Å². The highest BCUT2D eigenvalue weighted by Gasteiger charge is 2.48. The van der Waals surface area contributed by atoms with Crippen molar-refractivity contribution in [1.29, 1.82) is 0 Å². The van der Waals surface area contributed by atoms with Crippen LogP contribution in [0.4, 0.5) is 0 Å². The molecule has 0 radical (unpaired) electrons. The van der Waals surface area contributed by atoms with Gasteiger partial charge in [-0.25, -0.2) is 0 Å². The van der Waals surface area contributed by atoms with Crippen LogP contribution in [0.15, 0.2) is 89.4 Å². The molecule has 0 aromatic heterocycles. The molecule has 1 heterocycles. The number of benzene rings is 3. The lowest BCUT2D eigenvalue weighted by molar-refractivity contribution is -0.120. The molecule has 0 atom stereocenters. The Bertz CT molecular complexity index is 1680. The van der Waals surface area contributed by atoms with Gasteiger partial charge in [0.1, 0.15) is 30.5 Å². The monoisotopic (exact) mass is 640 g/mol. The summed E-state index contributed by atoms with van der Waals surface area (Å²) in [6.45, 7) is 11.4. The smallest absolute Gasteiger partial charge is 0.163 e. The topological polar surface area (TPSA) is 71.1 Å². The summed E-state index contributed by atoms with van der Waals surface area (Å²) in [4.78, 5) is 27.6. The van der Waals surface area contributed by atoms with E-state index in [1.54, 1.807) is 6.07 Å². The fourth-order valence-corrected chi connectivity index (χ4v) is 6.97. The standard InChI is InChI=1S/C39H41ClO6/c1-6-43-32-16-25(12-14-31(32)45-22-24-10-8-7-9-11-24)23-44-30-15-13-26(40)17-27(30)35-36-28(41)18-38(2,3)20-33(36)46-34-21-39(4,5)19-29(42)37(34)35/h7-17,35H,6,18-23H2,1-5H3. The van der Waals surface area contributed by atoms with E-state index in [0.717, 1.165) is 11.1 Å². The lowest BCUT2D eigenvalue weighted by Crippen LogP contribution is -2.37. The molecule has 0 saturated carbocycles. The van der Waals surface area contributed by atoms with Gasteiger partial charge in [-0.1, -0.05) is 75.7 Å². The maximum Gasteiger partial charge on any atom is 0.163 e. The first-order valence-corrected chi connectivity index (χ1v) is 16.4. The molecule has 0 spiro atoms. The Kier molecular flexibility index (Phi) is 8.77. The number of halogens is 1. The molecule has 7 heteroatoms. The van der Waals surface area contributed by atoms with E-state index in [1.807, 2.05) is 67.6 Å². The predicted octanol–water partition coefficient (Wildman–Crippen LogP) is 9.30. The Balaban J connectivity index is 1.33. The Morgan fingerprint density at radius 2 is 1.28 bits per heavy atom. The van der Waals surface area contributed by atoms with Crippen LogP contribution in [0.3, 0.4) is 0 Å². The molecule has 1 aliphatic heterocycles. The molecule has 3 aliphatic rings. The zero-order valence-electron chi connectivity index (χ0n) is 27.2. The van der Waals surface area contributed by atoms with Crippen molar-refractivity contribution in [2.75, 3.05) is 6.61 Å². The van der Waals surface area contributed by atoms with Crippen LogP contribution in [-0.4, -0.2) is 18.2 Å². The molecule has 0 unspecified atom stereocenters. The number of carbonyl (C=O) groups is 2. The Morgan fingerprint density at radius 3 is 1.91 bits per heavy atom. The molecular formula is C39H41ClO6. The number of rotatable bonds is 9. The minimum atomic E-state index is -0.604. The van der Waals surface area contributed by atoms with Crippen LogP contribution in [0.5, 0.6) is 17.2 Å². The first kappa shape index (κ1) is 31.9. The van der Waals surface area contributed by atoms with Gasteiger partial charge in [-0.15, -0.1) is 0 Å². The van der Waals surface area contributed by atoms with E-state index in [2.05, 4.69) is 27.7 Å². The van der Waals surface area contributed by atoms with Crippen molar-refractivity contribution in [2.24, 2.45) is 10.8 Å². The second-order valence-corrected chi connectivity index (χ2v) is 14.5. The second kappa shape index (κ2) is 12.6. The normalized spacial score (nSPS) is 18.9. The van der Waals surface area contributed by atoms with Crippen LogP contribution in [-0.2, 0) is 27.5 Å². The summed E-state index contributed by atoms with van der Waals surface area (Å²) in [5, 5.41) is 0.504. The molecule has 2 aliphatic carbocycles. The summed E-state index contributed by atoms with van der Waals surface area (Å²) >= 11 is 6.59. The van der Waals surface area contributed by atoms with Gasteiger partial charge < -0.3 is 18.9 Å². The highest BCUT2D eigenvalue weighted by atomic mass is 35.5. The molecule has 3 aromatic carbocycles. The highest BCUT2D eigenvalue weighted by Crippen LogP contribution is 2.54. The van der Waals surface area contributed by atoms with Crippen LogP contribution in [0.25, 0.3) is 0 Å². The summed E-state index contributed by atoms with van der Waals surface area (Å²) in [7, 11) is 0. The molecule has 0 saturated heterocycles. The molecule has 0 N–H and O–H groups in total. The fourth-order valence-electron chi connectivity index (χ4n) is 6.79. The van der Waals surface area contributed by atoms with Crippen molar-refractivity contribution in [2.45, 2.75) is 79.4 Å². The second-order valence-electron chi connectivity index (χ2n) is 14.0. The largest absolute Gasteiger partial charge is 0.490 e. The molecule has 240 valence electrons. The maximum atomic E-state index is 13.8. The van der Waals surface area contributed by atoms with Crippen molar-refractivity contribution in [3.8, 4) is 17.2 Å². The predicted molar refractivity (Wildman–Crippen MR) is 178 cm³/mol. The minimum Gasteiger partial charge on any atom is -0.490 e. The van der Waals surface area contributed by atoms with Crippen molar-refractivity contribution < 1.29 is 28.5 Å². The number of ketones is 2. The summed E-state index contributed by atoms with van der Waals surface area (Å²) in [6, 6.07) is 21.2. The lowest BCUT2D eigenvalue weighted by atomic mass is 9.65. The van der Waals surface area contributed by atoms with Gasteiger partial charge in [0.2, 0.25) is 0 Å². The van der Waals surface area contributed by atoms with Crippen molar-refractivity contribution in [1.82, 2.24) is 0 Å². The number of allylic oxidation sites excluding steroid dienone is 4. The zero-order chi connectivity index (χ0) is 32.6. The third-order valence-corrected chi connectivity index (χ3v) is 9.04. The number of Topliss-reactive ketones (excluding diaryl/α,β-unsaturated/α-hetero) is 2. The third-order valence-electron chi connectivity index (χ3n) is 8.80. The average molecular weight is 641 g/mol. The molecule has 46 heavy (non-hydrogen) atoms. The lowest BCUT2D eigenvalue weighted by Gasteiger charge is -2.43. The van der Waals surface area contributed by atoms with Crippen LogP contribution in [0, 0.1) is 10.8 Å². The number of hydrogen-bond acceptors (Lipinski definition) is 6. The number of ether oxygens (including phenoxy) is 4. The van der Waals surface area contributed by atoms with E-state index >= 15 is 0 Å². The van der Waals surface area contributed by atoms with E-state index in [9.17, 15) is 9.59 Å². The van der Waals surface area contributed by atoms with E-state index in [0.29, 0.717) is 89.4 Å². The van der Waals surface area contributed by atoms with Gasteiger partial charge in [0.25, 0.3) is 0 Å². The Morgan fingerprint density at radius 1 is 0.696 bits per heavy atom. The highest BCUT2D eigenvalue weighted by molar-refractivity contribution is 6.30. The molecule has 6 nitrogen and oxygen atoms in total. The Labute approximate surface area is 276 Å². The first-order valence-electron chi connectivity index (χ1n) is 16.0. The van der Waals surface area contributed by atoms with Gasteiger partial charge in [-0.2, -0.15) is 0 Å². The maximum absolute atomic E-state index is 13.8. The van der Waals surface area contributed by atoms with E-state index < -0.39 is 5.92 Å². The quantitative estimate of drug-likeness (QED) is 0.232. The molecule has 0 fully saturated rings. The molecular weight excluding hydrogens is 600 g/mol. The van der Waals surface area contributed by atoms with Gasteiger partial charge in [-0.05, 0) is 59.2 Å². The van der Waals surface area contributed by atoms with Crippen LogP contribution >= 0.6 is 11.6 Å². The van der Waals surface area contributed by atoms with Crippen molar-refractivity contribution in [3.05, 3.63) is 111 Å². The molecule has 0 amide bonds. The van der Waals surface area contributed by atoms with Crippen molar-refractivity contribution in [3.63, 3.8) is 0 Å². The van der Waals surface area contributed by atoms with Crippen LogP contribution < -0.4 is 14.2 Å². The van der Waals surface area contributed by atoms with Gasteiger partial charge in [0.05, 0.1) is 12.5 Å². The van der Waals surface area contributed by atoms with Gasteiger partial charge in [-0.3, -0.25) is 9.59 Å². The van der Waals surface area contributed by atoms with Crippen LogP contribution in [0.2, 0.25) is 5.02 Å². The third kappa shape index (κ3) is 6.73. The molecule has 6 rings (SSSR count). The van der Waals surface area contributed by atoms with E-state index in [4.69, 9.17) is 30.5 Å². The van der Waals surface area contributed by atoms with Gasteiger partial charge in [0, 0.05) is 47.4 Å². The van der Waals surface area contributed by atoms with Crippen molar-refractivity contribution >= 4 is 23.2 Å². The average Bonchev–Trinajstić information content (AvgIpc) is 2.98. The SMILES string of the molecule is CCOc1cc(COc2ccc(Cl)cc2C2C3=C(CC(C)(C)CC3=O)OC3=C2C(=O)CC(C)(C)C3)ccc1OCc1ccccc1. The zero-order valence-corrected chi connectivity index (χ0v) is 28.0. The summed E-state index contributed by atoms with van der Waals surface area (Å²) in [6.07, 6.45) is 1.99. The number of hydrogen-bond donors (Lipinski definition) is 0. The number of carbonyl (C=O) groups excluding carboxylic acids is 2. The summed E-state index contributed by atoms with van der Waals surface area (Å²) in [5.74, 6) is 2.57. The fraction of sp³-hybridized carbons (Fsp3) is 0.385. The van der Waals surface area contributed by atoms with Gasteiger partial charge >= 0.3 is 0 Å². The molecule has 3 aromatic rings. The molecule has 0 bridgehead atoms. The van der Waals surface area contributed by atoms with Gasteiger partial charge in [0.15, 0.2) is 23.1 Å². The first-order chi connectivity index (χ1) is 21.9. The van der Waals surface area contributed by atoms with E-state index in [1.165, 1.54) is 0 Å². The summed E-state index contributed by atoms with van der Waals surface area (Å²) in [5.41, 5.74) is 3.27. The van der Waals surface area contributed by atoms with Crippen LogP contribution in [0.1, 0.15) is 82.9 Å². The summed E-state index contributed by atoms with van der Waals surface area (Å²) < 4.78 is 25.0.